The second-order valence-corrected chi connectivity index (χ2v) is 7.90. The number of aromatic nitrogens is 1. The number of hydrogen-bond donors (Lipinski definition) is 0. The van der Waals surface area contributed by atoms with Crippen LogP contribution in [-0.2, 0) is 10.0 Å². The number of halogens is 1. The highest BCUT2D eigenvalue weighted by molar-refractivity contribution is 7.90. The maximum absolute atomic E-state index is 13.3. The van der Waals surface area contributed by atoms with Crippen molar-refractivity contribution in [3.8, 4) is 11.3 Å². The number of hydrogen-bond acceptors (Lipinski definition) is 2. The molecule has 0 atom stereocenters. The maximum atomic E-state index is 13.3. The van der Waals surface area contributed by atoms with Crippen LogP contribution >= 0.6 is 11.6 Å². The summed E-state index contributed by atoms with van der Waals surface area (Å²) >= 11 is 5.91. The zero-order valence-electron chi connectivity index (χ0n) is 13.1. The molecule has 0 radical (unpaired) electrons. The van der Waals surface area contributed by atoms with Crippen LogP contribution in [0.5, 0.6) is 0 Å². The Kier molecular flexibility index (Phi) is 3.86. The average molecular weight is 368 g/mol. The van der Waals surface area contributed by atoms with Gasteiger partial charge in [-0.1, -0.05) is 60.1 Å². The molecule has 1 aromatic heterocycles. The molecular weight excluding hydrogens is 354 g/mol. The lowest BCUT2D eigenvalue weighted by molar-refractivity contribution is 0.589. The van der Waals surface area contributed by atoms with Crippen molar-refractivity contribution >= 4 is 32.5 Å². The summed E-state index contributed by atoms with van der Waals surface area (Å²) in [6.45, 7) is 0. The molecule has 0 bridgehead atoms. The first-order valence-corrected chi connectivity index (χ1v) is 9.56. The van der Waals surface area contributed by atoms with Gasteiger partial charge in [0.2, 0.25) is 0 Å². The van der Waals surface area contributed by atoms with Crippen LogP contribution in [0, 0.1) is 0 Å². The lowest BCUT2D eigenvalue weighted by Gasteiger charge is -2.12. The Morgan fingerprint density at radius 1 is 0.760 bits per heavy atom. The van der Waals surface area contributed by atoms with Crippen LogP contribution in [0.4, 0.5) is 0 Å². The largest absolute Gasteiger partial charge is 0.268 e. The first kappa shape index (κ1) is 15.9. The Balaban J connectivity index is 2.05. The Morgan fingerprint density at radius 3 is 2.12 bits per heavy atom. The Bertz CT molecular complexity index is 1150. The minimum absolute atomic E-state index is 0.204. The molecule has 0 fully saturated rings. The Labute approximate surface area is 151 Å². The van der Waals surface area contributed by atoms with Crippen molar-refractivity contribution in [1.29, 1.82) is 0 Å². The minimum Gasteiger partial charge on any atom is -0.233 e. The van der Waals surface area contributed by atoms with Crippen LogP contribution in [0.25, 0.3) is 22.2 Å². The number of fused-ring (bicyclic) bond motifs is 1. The number of benzene rings is 3. The highest BCUT2D eigenvalue weighted by atomic mass is 35.5. The third kappa shape index (κ3) is 2.73. The molecule has 5 heteroatoms. The second kappa shape index (κ2) is 6.06. The molecule has 4 aromatic rings. The summed E-state index contributed by atoms with van der Waals surface area (Å²) in [4.78, 5) is 0.204. The van der Waals surface area contributed by atoms with E-state index in [9.17, 15) is 8.42 Å². The molecule has 1 heterocycles. The fraction of sp³-hybridized carbons (Fsp3) is 0. The van der Waals surface area contributed by atoms with Crippen molar-refractivity contribution in [3.05, 3.63) is 90.0 Å². The lowest BCUT2D eigenvalue weighted by atomic mass is 10.1. The topological polar surface area (TPSA) is 39.1 Å². The normalized spacial score (nSPS) is 11.7. The van der Waals surface area contributed by atoms with E-state index in [1.165, 1.54) is 16.1 Å². The van der Waals surface area contributed by atoms with E-state index in [2.05, 4.69) is 0 Å². The molecule has 3 aromatic carbocycles. The molecule has 4 rings (SSSR count). The van der Waals surface area contributed by atoms with Gasteiger partial charge in [0.1, 0.15) is 0 Å². The summed E-state index contributed by atoms with van der Waals surface area (Å²) in [5.41, 5.74) is 2.13. The SMILES string of the molecule is O=S(=O)(c1ccc(Cl)cc1)n1c(-c2ccccc2)cc2ccccc21. The predicted octanol–water partition coefficient (Wildman–Crippen LogP) is 5.20. The van der Waals surface area contributed by atoms with E-state index in [4.69, 9.17) is 11.6 Å². The van der Waals surface area contributed by atoms with Crippen LogP contribution in [0.2, 0.25) is 5.02 Å². The van der Waals surface area contributed by atoms with Crippen molar-refractivity contribution in [1.82, 2.24) is 3.97 Å². The molecule has 0 amide bonds. The lowest BCUT2D eigenvalue weighted by Crippen LogP contribution is -2.14. The van der Waals surface area contributed by atoms with E-state index in [-0.39, 0.29) is 4.90 Å². The van der Waals surface area contributed by atoms with Crippen LogP contribution in [0.1, 0.15) is 0 Å². The first-order chi connectivity index (χ1) is 12.1. The van der Waals surface area contributed by atoms with Crippen molar-refractivity contribution in [2.75, 3.05) is 0 Å². The molecule has 3 nitrogen and oxygen atoms in total. The van der Waals surface area contributed by atoms with Gasteiger partial charge in [0, 0.05) is 10.4 Å². The first-order valence-electron chi connectivity index (χ1n) is 7.74. The molecular formula is C20H14ClNO2S. The summed E-state index contributed by atoms with van der Waals surface area (Å²) in [7, 11) is -3.76. The summed E-state index contributed by atoms with van der Waals surface area (Å²) in [6, 6.07) is 25.1. The van der Waals surface area contributed by atoms with Crippen molar-refractivity contribution in [3.63, 3.8) is 0 Å². The van der Waals surface area contributed by atoms with E-state index in [1.807, 2.05) is 60.7 Å². The van der Waals surface area contributed by atoms with Gasteiger partial charge >= 0.3 is 0 Å². The third-order valence-corrected chi connectivity index (χ3v) is 6.08. The fourth-order valence-corrected chi connectivity index (χ4v) is 4.57. The van der Waals surface area contributed by atoms with Gasteiger partial charge in [-0.3, -0.25) is 0 Å². The third-order valence-electron chi connectivity index (χ3n) is 4.09. The summed E-state index contributed by atoms with van der Waals surface area (Å²) < 4.78 is 28.1. The summed E-state index contributed by atoms with van der Waals surface area (Å²) in [6.07, 6.45) is 0. The fourth-order valence-electron chi connectivity index (χ4n) is 2.91. The van der Waals surface area contributed by atoms with Crippen LogP contribution in [0.3, 0.4) is 0 Å². The van der Waals surface area contributed by atoms with E-state index in [0.29, 0.717) is 16.2 Å². The highest BCUT2D eigenvalue weighted by Crippen LogP contribution is 2.32. The molecule has 0 unspecified atom stereocenters. The zero-order valence-corrected chi connectivity index (χ0v) is 14.7. The number of rotatable bonds is 3. The molecule has 0 spiro atoms. The quantitative estimate of drug-likeness (QED) is 0.499. The van der Waals surface area contributed by atoms with E-state index >= 15 is 0 Å². The van der Waals surface area contributed by atoms with Gasteiger partial charge in [-0.25, -0.2) is 12.4 Å². The predicted molar refractivity (Wildman–Crippen MR) is 101 cm³/mol. The molecule has 0 aliphatic carbocycles. The highest BCUT2D eigenvalue weighted by Gasteiger charge is 2.23. The van der Waals surface area contributed by atoms with E-state index in [0.717, 1.165) is 10.9 Å². The van der Waals surface area contributed by atoms with Gasteiger partial charge in [-0.05, 0) is 42.0 Å². The number of nitrogens with zero attached hydrogens (tertiary/aromatic N) is 1. The maximum Gasteiger partial charge on any atom is 0.268 e. The van der Waals surface area contributed by atoms with E-state index < -0.39 is 10.0 Å². The van der Waals surface area contributed by atoms with Crippen molar-refractivity contribution in [2.45, 2.75) is 4.90 Å². The van der Waals surface area contributed by atoms with Gasteiger partial charge in [-0.15, -0.1) is 0 Å². The molecule has 0 saturated heterocycles. The smallest absolute Gasteiger partial charge is 0.233 e. The molecule has 25 heavy (non-hydrogen) atoms. The van der Waals surface area contributed by atoms with Crippen LogP contribution in [-0.4, -0.2) is 12.4 Å². The monoisotopic (exact) mass is 367 g/mol. The second-order valence-electron chi connectivity index (χ2n) is 5.68. The van der Waals surface area contributed by atoms with Crippen LogP contribution < -0.4 is 0 Å². The van der Waals surface area contributed by atoms with Crippen molar-refractivity contribution in [2.24, 2.45) is 0 Å². The molecule has 0 aliphatic rings. The Morgan fingerprint density at radius 2 is 1.40 bits per heavy atom. The van der Waals surface area contributed by atoms with Gasteiger partial charge < -0.3 is 0 Å². The van der Waals surface area contributed by atoms with Gasteiger partial charge in [0.05, 0.1) is 16.1 Å². The summed E-state index contributed by atoms with van der Waals surface area (Å²) in [5, 5.41) is 1.37. The standard InChI is InChI=1S/C20H14ClNO2S/c21-17-10-12-18(13-11-17)25(23,24)22-19-9-5-4-8-16(19)14-20(22)15-6-2-1-3-7-15/h1-14H. The molecule has 124 valence electrons. The van der Waals surface area contributed by atoms with E-state index in [1.54, 1.807) is 12.1 Å². The van der Waals surface area contributed by atoms with Crippen molar-refractivity contribution < 1.29 is 8.42 Å². The molecule has 0 aliphatic heterocycles. The number of para-hydroxylation sites is 1. The van der Waals surface area contributed by atoms with Gasteiger partial charge in [0.25, 0.3) is 10.0 Å². The minimum atomic E-state index is -3.76. The zero-order chi connectivity index (χ0) is 17.4. The average Bonchev–Trinajstić information content (AvgIpc) is 3.03. The van der Waals surface area contributed by atoms with Crippen LogP contribution in [0.15, 0.2) is 89.8 Å². The Hall–Kier alpha value is -2.56. The van der Waals surface area contributed by atoms with Gasteiger partial charge in [0.15, 0.2) is 0 Å². The molecule has 0 N–H and O–H groups in total. The summed E-state index contributed by atoms with van der Waals surface area (Å²) in [5.74, 6) is 0. The van der Waals surface area contributed by atoms with Gasteiger partial charge in [-0.2, -0.15) is 0 Å². The molecule has 0 saturated carbocycles.